The molecule has 1 N–H and O–H groups in total. The second kappa shape index (κ2) is 11.5. The quantitative estimate of drug-likeness (QED) is 0.469. The Balaban J connectivity index is 1.97. The summed E-state index contributed by atoms with van der Waals surface area (Å²) in [6.07, 6.45) is -0.408. The van der Waals surface area contributed by atoms with E-state index in [0.29, 0.717) is 13.2 Å². The van der Waals surface area contributed by atoms with Crippen LogP contribution in [0.5, 0.6) is 0 Å². The third-order valence-electron chi connectivity index (χ3n) is 5.02. The molecular weight excluding hydrogens is 400 g/mol. The van der Waals surface area contributed by atoms with E-state index in [1.807, 2.05) is 19.1 Å². The van der Waals surface area contributed by atoms with Gasteiger partial charge in [-0.2, -0.15) is 0 Å². The largest absolute Gasteiger partial charge is 0.458 e. The molecule has 1 aromatic carbocycles. The zero-order valence-corrected chi connectivity index (χ0v) is 19.3. The van der Waals surface area contributed by atoms with E-state index in [4.69, 9.17) is 14.2 Å². The van der Waals surface area contributed by atoms with Gasteiger partial charge in [0.1, 0.15) is 5.60 Å². The Hall–Kier alpha value is -2.16. The van der Waals surface area contributed by atoms with Crippen LogP contribution in [0.2, 0.25) is 0 Å². The van der Waals surface area contributed by atoms with Gasteiger partial charge < -0.3 is 29.1 Å². The second-order valence-corrected chi connectivity index (χ2v) is 8.78. The van der Waals surface area contributed by atoms with E-state index < -0.39 is 23.8 Å². The minimum atomic E-state index is -1.39. The highest BCUT2D eigenvalue weighted by molar-refractivity contribution is 5.79. The van der Waals surface area contributed by atoms with Crippen LogP contribution in [0.4, 0.5) is 11.4 Å². The van der Waals surface area contributed by atoms with Gasteiger partial charge in [0.2, 0.25) is 6.41 Å². The molecular formula is C23H36N2O6. The molecule has 1 amide bonds. The summed E-state index contributed by atoms with van der Waals surface area (Å²) in [4.78, 5) is 27.6. The normalized spacial score (nSPS) is 16.9. The molecule has 1 heterocycles. The van der Waals surface area contributed by atoms with Crippen molar-refractivity contribution in [1.29, 1.82) is 0 Å². The third kappa shape index (κ3) is 7.79. The van der Waals surface area contributed by atoms with E-state index in [1.165, 1.54) is 0 Å². The molecule has 31 heavy (non-hydrogen) atoms. The number of esters is 1. The highest BCUT2D eigenvalue weighted by Crippen LogP contribution is 2.26. The first-order chi connectivity index (χ1) is 14.6. The van der Waals surface area contributed by atoms with Crippen LogP contribution in [0, 0.1) is 6.92 Å². The van der Waals surface area contributed by atoms with Crippen molar-refractivity contribution in [3.63, 3.8) is 0 Å². The van der Waals surface area contributed by atoms with E-state index in [-0.39, 0.29) is 6.61 Å². The predicted molar refractivity (Wildman–Crippen MR) is 120 cm³/mol. The fraction of sp³-hybridized carbons (Fsp3) is 0.652. The van der Waals surface area contributed by atoms with Crippen molar-refractivity contribution >= 4 is 23.8 Å². The summed E-state index contributed by atoms with van der Waals surface area (Å²) >= 11 is 0. The lowest BCUT2D eigenvalue weighted by Crippen LogP contribution is -2.40. The molecule has 0 unspecified atom stereocenters. The van der Waals surface area contributed by atoms with E-state index in [0.717, 1.165) is 49.5 Å². The Morgan fingerprint density at radius 1 is 1.32 bits per heavy atom. The molecule has 1 fully saturated rings. The van der Waals surface area contributed by atoms with Gasteiger partial charge in [-0.15, -0.1) is 0 Å². The zero-order chi connectivity index (χ0) is 23.0. The monoisotopic (exact) mass is 436 g/mol. The van der Waals surface area contributed by atoms with E-state index in [1.54, 1.807) is 32.6 Å². The molecule has 8 heteroatoms. The van der Waals surface area contributed by atoms with Crippen molar-refractivity contribution in [1.82, 2.24) is 0 Å². The zero-order valence-electron chi connectivity index (χ0n) is 19.3. The molecule has 1 aliphatic rings. The first-order valence-electron chi connectivity index (χ1n) is 10.8. The molecule has 1 aromatic rings. The number of aryl methyl sites for hydroxylation is 1. The molecule has 0 aliphatic carbocycles. The Morgan fingerprint density at radius 2 is 2.06 bits per heavy atom. The summed E-state index contributed by atoms with van der Waals surface area (Å²) in [5, 5.41) is 10.1. The maximum Gasteiger partial charge on any atom is 0.338 e. The molecule has 8 nitrogen and oxygen atoms in total. The number of carbonyl (C=O) groups is 2. The number of nitrogens with zero attached hydrogens (tertiary/aromatic N) is 2. The molecule has 1 aliphatic heterocycles. The number of aliphatic hydroxyl groups excluding tert-OH is 1. The lowest BCUT2D eigenvalue weighted by atomic mass is 10.1. The van der Waals surface area contributed by atoms with Crippen LogP contribution >= 0.6 is 0 Å². The van der Waals surface area contributed by atoms with Gasteiger partial charge >= 0.3 is 5.97 Å². The maximum absolute atomic E-state index is 12.0. The number of hydrogen-bond donors (Lipinski definition) is 1. The smallest absolute Gasteiger partial charge is 0.338 e. The van der Waals surface area contributed by atoms with Gasteiger partial charge in [0.15, 0.2) is 6.10 Å². The van der Waals surface area contributed by atoms with E-state index in [2.05, 4.69) is 11.0 Å². The van der Waals surface area contributed by atoms with Crippen LogP contribution in [0.25, 0.3) is 0 Å². The van der Waals surface area contributed by atoms with Gasteiger partial charge in [-0.05, 0) is 58.7 Å². The van der Waals surface area contributed by atoms with Crippen LogP contribution in [-0.2, 0) is 23.8 Å². The van der Waals surface area contributed by atoms with Gasteiger partial charge in [0, 0.05) is 37.6 Å². The number of anilines is 2. The van der Waals surface area contributed by atoms with E-state index >= 15 is 0 Å². The molecule has 2 rings (SSSR count). The summed E-state index contributed by atoms with van der Waals surface area (Å²) < 4.78 is 16.3. The molecule has 2 atom stereocenters. The number of ether oxygens (including phenoxy) is 3. The van der Waals surface area contributed by atoms with Gasteiger partial charge in [-0.25, -0.2) is 4.79 Å². The average Bonchev–Trinajstić information content (AvgIpc) is 2.99. The van der Waals surface area contributed by atoms with Crippen LogP contribution in [-0.4, -0.2) is 74.7 Å². The standard InChI is InChI=1S/C23H36N2O6/c1-17-7-8-19(24-9-6-12-29-13-10-24)15-20(17)25(16-26)11-14-30-18(2)21(27)22(28)31-23(3,4)5/h7-8,15-16,18,21,27H,6,9-14H2,1-5H3/t18-,21+/m0/s1. The predicted octanol–water partition coefficient (Wildman–Crippen LogP) is 2.29. The van der Waals surface area contributed by atoms with Gasteiger partial charge in [-0.3, -0.25) is 4.79 Å². The number of carbonyl (C=O) groups excluding carboxylic acids is 2. The molecule has 0 spiro atoms. The van der Waals surface area contributed by atoms with Crippen molar-refractivity contribution in [2.24, 2.45) is 0 Å². The highest BCUT2D eigenvalue weighted by Gasteiger charge is 2.28. The second-order valence-electron chi connectivity index (χ2n) is 8.78. The van der Waals surface area contributed by atoms with Crippen LogP contribution in [0.15, 0.2) is 18.2 Å². The number of benzene rings is 1. The Bertz CT molecular complexity index is 725. The molecule has 174 valence electrons. The highest BCUT2D eigenvalue weighted by atomic mass is 16.6. The van der Waals surface area contributed by atoms with Crippen molar-refractivity contribution in [2.45, 2.75) is 58.8 Å². The SMILES string of the molecule is Cc1ccc(N2CCCOCC2)cc1N(C=O)CCO[C@@H](C)[C@@H](O)C(=O)OC(C)(C)C. The Kier molecular flexibility index (Phi) is 9.28. The van der Waals surface area contributed by atoms with Gasteiger partial charge in [0.05, 0.1) is 19.3 Å². The minimum absolute atomic E-state index is 0.168. The summed E-state index contributed by atoms with van der Waals surface area (Å²) in [6, 6.07) is 6.07. The van der Waals surface area contributed by atoms with Gasteiger partial charge in [0.25, 0.3) is 0 Å². The lowest BCUT2D eigenvalue weighted by molar-refractivity contribution is -0.172. The number of hydrogen-bond acceptors (Lipinski definition) is 7. The van der Waals surface area contributed by atoms with Gasteiger partial charge in [-0.1, -0.05) is 6.07 Å². The third-order valence-corrected chi connectivity index (χ3v) is 5.02. The van der Waals surface area contributed by atoms with Crippen molar-refractivity contribution in [2.75, 3.05) is 49.3 Å². The Labute approximate surface area is 185 Å². The van der Waals surface area contributed by atoms with Crippen molar-refractivity contribution in [3.8, 4) is 0 Å². The fourth-order valence-electron chi connectivity index (χ4n) is 3.32. The maximum atomic E-state index is 12.0. The average molecular weight is 437 g/mol. The summed E-state index contributed by atoms with van der Waals surface area (Å²) in [5.74, 6) is -0.725. The summed E-state index contributed by atoms with van der Waals surface area (Å²) in [6.45, 7) is 12.4. The minimum Gasteiger partial charge on any atom is -0.458 e. The first kappa shape index (κ1) is 25.1. The summed E-state index contributed by atoms with van der Waals surface area (Å²) in [7, 11) is 0. The Morgan fingerprint density at radius 3 is 2.74 bits per heavy atom. The fourth-order valence-corrected chi connectivity index (χ4v) is 3.32. The topological polar surface area (TPSA) is 88.5 Å². The number of aliphatic hydroxyl groups is 1. The van der Waals surface area contributed by atoms with Crippen LogP contribution in [0.3, 0.4) is 0 Å². The molecule has 1 saturated heterocycles. The lowest BCUT2D eigenvalue weighted by Gasteiger charge is -2.27. The van der Waals surface area contributed by atoms with Crippen LogP contribution < -0.4 is 9.80 Å². The molecule has 0 bridgehead atoms. The van der Waals surface area contributed by atoms with Crippen molar-refractivity contribution in [3.05, 3.63) is 23.8 Å². The van der Waals surface area contributed by atoms with Crippen LogP contribution in [0.1, 0.15) is 39.7 Å². The number of rotatable bonds is 9. The number of amides is 1. The molecule has 0 radical (unpaired) electrons. The molecule has 0 saturated carbocycles. The summed E-state index contributed by atoms with van der Waals surface area (Å²) in [5.41, 5.74) is 2.15. The van der Waals surface area contributed by atoms with Crippen molar-refractivity contribution < 1.29 is 28.9 Å². The first-order valence-corrected chi connectivity index (χ1v) is 10.8. The van der Waals surface area contributed by atoms with E-state index in [9.17, 15) is 14.7 Å². The molecule has 0 aromatic heterocycles.